The second kappa shape index (κ2) is 2.64. The highest BCUT2D eigenvalue weighted by molar-refractivity contribution is 7.22. The number of hydrogen-bond acceptors (Lipinski definition) is 0. The maximum Gasteiger partial charge on any atom is -0.0280 e. The Morgan fingerprint density at radius 2 is 2.50 bits per heavy atom. The number of rotatable bonds is 0. The van der Waals surface area contributed by atoms with Gasteiger partial charge in [0.25, 0.3) is 0 Å². The van der Waals surface area contributed by atoms with Crippen molar-refractivity contribution in [1.82, 2.24) is 0 Å². The van der Waals surface area contributed by atoms with Crippen LogP contribution in [-0.2, 0) is 0 Å². The first-order valence-corrected chi connectivity index (χ1v) is 3.81. The molecule has 1 aliphatic carbocycles. The van der Waals surface area contributed by atoms with E-state index in [1.165, 1.54) is 24.6 Å². The quantitative estimate of drug-likeness (QED) is 0.440. The molecule has 0 saturated carbocycles. The van der Waals surface area contributed by atoms with Gasteiger partial charge in [-0.05, 0) is 25.2 Å². The van der Waals surface area contributed by atoms with E-state index >= 15 is 0 Å². The van der Waals surface area contributed by atoms with Crippen molar-refractivity contribution >= 4 is 9.24 Å². The summed E-state index contributed by atoms with van der Waals surface area (Å²) in [6, 6.07) is 0. The van der Waals surface area contributed by atoms with Gasteiger partial charge in [0.2, 0.25) is 0 Å². The molecule has 0 N–H and O–H groups in total. The zero-order valence-electron chi connectivity index (χ0n) is 5.35. The third-order valence-corrected chi connectivity index (χ3v) is 2.23. The summed E-state index contributed by atoms with van der Waals surface area (Å²) >= 11 is 0. The molecule has 0 radical (unpaired) electrons. The molecule has 1 rings (SSSR count). The molecule has 0 aromatic heterocycles. The van der Waals surface area contributed by atoms with Gasteiger partial charge in [-0.2, -0.15) is 0 Å². The fourth-order valence-corrected chi connectivity index (χ4v) is 1.29. The van der Waals surface area contributed by atoms with Gasteiger partial charge in [-0.15, -0.1) is 9.24 Å². The molecule has 0 bridgehead atoms. The maximum absolute atomic E-state index is 2.78. The molecule has 1 aliphatic rings. The largest absolute Gasteiger partial charge is 0.110 e. The summed E-state index contributed by atoms with van der Waals surface area (Å²) in [5.74, 6) is 0.930. The van der Waals surface area contributed by atoms with E-state index in [1.54, 1.807) is 0 Å². The average molecular weight is 128 g/mol. The van der Waals surface area contributed by atoms with Crippen LogP contribution in [0.2, 0.25) is 0 Å². The second-order valence-corrected chi connectivity index (χ2v) is 3.40. The van der Waals surface area contributed by atoms with Gasteiger partial charge >= 0.3 is 0 Å². The van der Waals surface area contributed by atoms with Crippen LogP contribution in [0.1, 0.15) is 26.2 Å². The Bertz CT molecular complexity index is 105. The van der Waals surface area contributed by atoms with Crippen molar-refractivity contribution in [2.75, 3.05) is 0 Å². The summed E-state index contributed by atoms with van der Waals surface area (Å²) in [4.78, 5) is 0. The molecule has 0 heterocycles. The Labute approximate surface area is 53.6 Å². The van der Waals surface area contributed by atoms with E-state index in [1.807, 2.05) is 0 Å². The van der Waals surface area contributed by atoms with Gasteiger partial charge in [0.05, 0.1) is 0 Å². The predicted octanol–water partition coefficient (Wildman–Crippen LogP) is 2.57. The van der Waals surface area contributed by atoms with E-state index < -0.39 is 0 Å². The van der Waals surface area contributed by atoms with Crippen molar-refractivity contribution in [3.05, 3.63) is 11.4 Å². The monoisotopic (exact) mass is 128 g/mol. The topological polar surface area (TPSA) is 0 Å². The SMILES string of the molecule is CC1CC=C(P)CC1. The van der Waals surface area contributed by atoms with Crippen LogP contribution in [0.4, 0.5) is 0 Å². The lowest BCUT2D eigenvalue weighted by Crippen LogP contribution is -1.97. The molecule has 1 heteroatoms. The Kier molecular flexibility index (Phi) is 2.08. The smallest absolute Gasteiger partial charge is 0.0280 e. The predicted molar refractivity (Wildman–Crippen MR) is 40.8 cm³/mol. The Morgan fingerprint density at radius 1 is 1.75 bits per heavy atom. The molecular formula is C7H13P. The first kappa shape index (κ1) is 6.29. The van der Waals surface area contributed by atoms with Crippen molar-refractivity contribution in [3.8, 4) is 0 Å². The molecular weight excluding hydrogens is 115 g/mol. The molecule has 0 amide bonds. The molecule has 0 aromatic rings. The zero-order chi connectivity index (χ0) is 5.98. The van der Waals surface area contributed by atoms with Gasteiger partial charge in [0, 0.05) is 0 Å². The Hall–Kier alpha value is 0.170. The summed E-state index contributed by atoms with van der Waals surface area (Å²) < 4.78 is 0. The van der Waals surface area contributed by atoms with Gasteiger partial charge in [0.1, 0.15) is 0 Å². The Balaban J connectivity index is 2.42. The van der Waals surface area contributed by atoms with Crippen molar-refractivity contribution < 1.29 is 0 Å². The van der Waals surface area contributed by atoms with Crippen molar-refractivity contribution in [2.24, 2.45) is 5.92 Å². The van der Waals surface area contributed by atoms with E-state index in [0.29, 0.717) is 0 Å². The first-order valence-electron chi connectivity index (χ1n) is 3.23. The first-order chi connectivity index (χ1) is 3.79. The molecule has 0 fully saturated rings. The van der Waals surface area contributed by atoms with Crippen molar-refractivity contribution in [1.29, 1.82) is 0 Å². The van der Waals surface area contributed by atoms with Gasteiger partial charge < -0.3 is 0 Å². The van der Waals surface area contributed by atoms with Crippen LogP contribution in [0, 0.1) is 5.92 Å². The van der Waals surface area contributed by atoms with Gasteiger partial charge in [-0.1, -0.05) is 18.3 Å². The molecule has 0 nitrogen and oxygen atoms in total. The van der Waals surface area contributed by atoms with Crippen LogP contribution in [0.15, 0.2) is 11.4 Å². The van der Waals surface area contributed by atoms with Crippen LogP contribution in [0.25, 0.3) is 0 Å². The summed E-state index contributed by atoms with van der Waals surface area (Å²) in [7, 11) is 2.78. The molecule has 46 valence electrons. The molecule has 0 saturated heterocycles. The van der Waals surface area contributed by atoms with E-state index in [4.69, 9.17) is 0 Å². The van der Waals surface area contributed by atoms with Crippen molar-refractivity contribution in [3.63, 3.8) is 0 Å². The molecule has 0 spiro atoms. The summed E-state index contributed by atoms with van der Waals surface area (Å²) in [6.45, 7) is 2.31. The lowest BCUT2D eigenvalue weighted by Gasteiger charge is -2.14. The van der Waals surface area contributed by atoms with Crippen LogP contribution < -0.4 is 0 Å². The lowest BCUT2D eigenvalue weighted by molar-refractivity contribution is 0.523. The summed E-state index contributed by atoms with van der Waals surface area (Å²) in [5, 5.41) is 1.50. The average Bonchev–Trinajstić information content (AvgIpc) is 1.77. The number of hydrogen-bond donors (Lipinski definition) is 0. The standard InChI is InChI=1S/C7H13P/c1-6-2-4-7(8)5-3-6/h4,6H,2-3,5,8H2,1H3. The highest BCUT2D eigenvalue weighted by Gasteiger charge is 2.05. The minimum Gasteiger partial charge on any atom is -0.110 e. The van der Waals surface area contributed by atoms with Gasteiger partial charge in [-0.25, -0.2) is 0 Å². The second-order valence-electron chi connectivity index (χ2n) is 2.66. The van der Waals surface area contributed by atoms with E-state index in [-0.39, 0.29) is 0 Å². The normalized spacial score (nSPS) is 29.8. The molecule has 0 aromatic carbocycles. The van der Waals surface area contributed by atoms with Crippen LogP contribution in [0.5, 0.6) is 0 Å². The molecule has 0 aliphatic heterocycles. The van der Waals surface area contributed by atoms with Crippen LogP contribution in [0.3, 0.4) is 0 Å². The van der Waals surface area contributed by atoms with E-state index in [2.05, 4.69) is 22.2 Å². The third-order valence-electron chi connectivity index (χ3n) is 1.71. The van der Waals surface area contributed by atoms with Gasteiger partial charge in [-0.3, -0.25) is 0 Å². The van der Waals surface area contributed by atoms with E-state index in [9.17, 15) is 0 Å². The fourth-order valence-electron chi connectivity index (χ4n) is 0.986. The van der Waals surface area contributed by atoms with Crippen LogP contribution >= 0.6 is 9.24 Å². The minimum absolute atomic E-state index is 0.930. The fraction of sp³-hybridized carbons (Fsp3) is 0.714. The zero-order valence-corrected chi connectivity index (χ0v) is 6.51. The summed E-state index contributed by atoms with van der Waals surface area (Å²) in [6.07, 6.45) is 6.30. The molecule has 2 unspecified atom stereocenters. The lowest BCUT2D eigenvalue weighted by atomic mass is 9.96. The Morgan fingerprint density at radius 3 is 2.88 bits per heavy atom. The van der Waals surface area contributed by atoms with Gasteiger partial charge in [0.15, 0.2) is 0 Å². The van der Waals surface area contributed by atoms with E-state index in [0.717, 1.165) is 5.92 Å². The van der Waals surface area contributed by atoms with Crippen LogP contribution in [-0.4, -0.2) is 0 Å². The van der Waals surface area contributed by atoms with Crippen molar-refractivity contribution in [2.45, 2.75) is 26.2 Å². The minimum atomic E-state index is 0.930. The molecule has 8 heavy (non-hydrogen) atoms. The maximum atomic E-state index is 2.78. The molecule has 2 atom stereocenters. The summed E-state index contributed by atoms with van der Waals surface area (Å²) in [5.41, 5.74) is 0. The number of allylic oxidation sites excluding steroid dienone is 2. The third kappa shape index (κ3) is 1.59. The highest BCUT2D eigenvalue weighted by atomic mass is 31.0. The highest BCUT2D eigenvalue weighted by Crippen LogP contribution is 2.25.